The first-order valence-corrected chi connectivity index (χ1v) is 7.84. The molecule has 1 heterocycles. The molecule has 126 valence electrons. The molecule has 24 heavy (non-hydrogen) atoms. The van der Waals surface area contributed by atoms with Crippen LogP contribution < -0.4 is 5.73 Å². The van der Waals surface area contributed by atoms with E-state index in [1.807, 2.05) is 0 Å². The summed E-state index contributed by atoms with van der Waals surface area (Å²) in [4.78, 5) is 4.16. The van der Waals surface area contributed by atoms with Crippen LogP contribution in [0.25, 0.3) is 0 Å². The molecule has 6 heteroatoms. The number of rotatable bonds is 2. The van der Waals surface area contributed by atoms with Gasteiger partial charge in [0.15, 0.2) is 0 Å². The minimum atomic E-state index is -4.44. The van der Waals surface area contributed by atoms with Gasteiger partial charge in [0.05, 0.1) is 6.04 Å². The van der Waals surface area contributed by atoms with Crippen LogP contribution in [0, 0.1) is 6.92 Å². The van der Waals surface area contributed by atoms with Gasteiger partial charge in [-0.25, -0.2) is 0 Å². The highest BCUT2D eigenvalue weighted by Crippen LogP contribution is 2.50. The van der Waals surface area contributed by atoms with Crippen molar-refractivity contribution in [2.45, 2.75) is 31.0 Å². The first kappa shape index (κ1) is 16.8. The van der Waals surface area contributed by atoms with Gasteiger partial charge in [-0.2, -0.15) is 13.2 Å². The topological polar surface area (TPSA) is 38.4 Å². The van der Waals surface area contributed by atoms with E-state index in [1.54, 1.807) is 31.2 Å². The Morgan fingerprint density at radius 3 is 2.42 bits per heavy atom. The van der Waals surface area contributed by atoms with E-state index in [2.05, 4.69) is 4.99 Å². The van der Waals surface area contributed by atoms with Crippen molar-refractivity contribution in [1.29, 1.82) is 0 Å². The van der Waals surface area contributed by atoms with Crippen LogP contribution in [0.4, 0.5) is 18.9 Å². The quantitative estimate of drug-likeness (QED) is 0.737. The lowest BCUT2D eigenvalue weighted by atomic mass is 9.76. The third kappa shape index (κ3) is 2.77. The average Bonchev–Trinajstić information content (AvgIpc) is 2.97. The van der Waals surface area contributed by atoms with Crippen molar-refractivity contribution in [3.8, 4) is 0 Å². The Morgan fingerprint density at radius 1 is 1.17 bits per heavy atom. The highest BCUT2D eigenvalue weighted by Gasteiger charge is 2.58. The van der Waals surface area contributed by atoms with Crippen LogP contribution in [0.3, 0.4) is 0 Å². The predicted molar refractivity (Wildman–Crippen MR) is 90.6 cm³/mol. The molecule has 0 aromatic heterocycles. The first-order valence-electron chi connectivity index (χ1n) is 7.46. The zero-order chi connectivity index (χ0) is 17.5. The van der Waals surface area contributed by atoms with Gasteiger partial charge in [0, 0.05) is 16.9 Å². The zero-order valence-corrected chi connectivity index (χ0v) is 13.7. The SMILES string of the molecule is Cc1cc(C2(C(F)(F)F)C=NC(c3ccc(Cl)cc3)C2)ccc1N. The van der Waals surface area contributed by atoms with Gasteiger partial charge in [-0.15, -0.1) is 0 Å². The Balaban J connectivity index is 2.02. The highest BCUT2D eigenvalue weighted by atomic mass is 35.5. The lowest BCUT2D eigenvalue weighted by Gasteiger charge is -2.31. The second-order valence-corrected chi connectivity index (χ2v) is 6.53. The van der Waals surface area contributed by atoms with E-state index in [-0.39, 0.29) is 12.0 Å². The summed E-state index contributed by atoms with van der Waals surface area (Å²) in [6.45, 7) is 1.70. The van der Waals surface area contributed by atoms with E-state index >= 15 is 0 Å². The van der Waals surface area contributed by atoms with Gasteiger partial charge < -0.3 is 5.73 Å². The largest absolute Gasteiger partial charge is 0.403 e. The van der Waals surface area contributed by atoms with Crippen molar-refractivity contribution >= 4 is 23.5 Å². The second kappa shape index (κ2) is 5.81. The summed E-state index contributed by atoms with van der Waals surface area (Å²) in [7, 11) is 0. The number of aliphatic imine (C=N–C) groups is 1. The highest BCUT2D eigenvalue weighted by molar-refractivity contribution is 6.30. The molecule has 0 amide bonds. The Kier molecular flexibility index (Phi) is 4.08. The fourth-order valence-corrected chi connectivity index (χ4v) is 3.14. The van der Waals surface area contributed by atoms with Crippen molar-refractivity contribution in [2.24, 2.45) is 4.99 Å². The summed E-state index contributed by atoms with van der Waals surface area (Å²) in [6.07, 6.45) is -3.57. The van der Waals surface area contributed by atoms with Crippen LogP contribution in [0.2, 0.25) is 5.02 Å². The lowest BCUT2D eigenvalue weighted by molar-refractivity contribution is -0.168. The molecular weight excluding hydrogens is 337 g/mol. The summed E-state index contributed by atoms with van der Waals surface area (Å²) in [5, 5.41) is 0.539. The zero-order valence-electron chi connectivity index (χ0n) is 12.9. The summed E-state index contributed by atoms with van der Waals surface area (Å²) < 4.78 is 41.8. The van der Waals surface area contributed by atoms with Gasteiger partial charge in [-0.3, -0.25) is 4.99 Å². The summed E-state index contributed by atoms with van der Waals surface area (Å²) in [5.41, 5.74) is 5.63. The number of benzene rings is 2. The van der Waals surface area contributed by atoms with Crippen molar-refractivity contribution in [1.82, 2.24) is 0 Å². The second-order valence-electron chi connectivity index (χ2n) is 6.09. The van der Waals surface area contributed by atoms with E-state index in [0.29, 0.717) is 21.8 Å². The maximum absolute atomic E-state index is 13.9. The molecular formula is C18H16ClF3N2. The first-order chi connectivity index (χ1) is 11.2. The monoisotopic (exact) mass is 352 g/mol. The molecule has 0 saturated carbocycles. The van der Waals surface area contributed by atoms with Crippen molar-refractivity contribution in [2.75, 3.05) is 5.73 Å². The van der Waals surface area contributed by atoms with Crippen LogP contribution in [-0.2, 0) is 5.41 Å². The Hall–Kier alpha value is -2.01. The Bertz CT molecular complexity index is 784. The molecule has 0 fully saturated rings. The number of hydrogen-bond acceptors (Lipinski definition) is 2. The maximum atomic E-state index is 13.9. The number of halogens is 4. The van der Waals surface area contributed by atoms with Gasteiger partial charge in [0.2, 0.25) is 0 Å². The third-order valence-electron chi connectivity index (χ3n) is 4.54. The van der Waals surface area contributed by atoms with Gasteiger partial charge in [0.1, 0.15) is 5.41 Å². The number of nitrogen functional groups attached to an aromatic ring is 1. The molecule has 3 rings (SSSR count). The van der Waals surface area contributed by atoms with Gasteiger partial charge in [-0.05, 0) is 48.2 Å². The van der Waals surface area contributed by atoms with Crippen molar-refractivity contribution in [3.05, 3.63) is 64.2 Å². The summed E-state index contributed by atoms with van der Waals surface area (Å²) >= 11 is 5.84. The minimum Gasteiger partial charge on any atom is -0.399 e. The van der Waals surface area contributed by atoms with Gasteiger partial charge in [0.25, 0.3) is 0 Å². The van der Waals surface area contributed by atoms with E-state index in [1.165, 1.54) is 18.2 Å². The Labute approximate surface area is 143 Å². The molecule has 0 saturated heterocycles. The number of nitrogens with zero attached hydrogens (tertiary/aromatic N) is 1. The maximum Gasteiger partial charge on any atom is 0.403 e. The molecule has 2 aromatic rings. The molecule has 2 aromatic carbocycles. The smallest absolute Gasteiger partial charge is 0.399 e. The van der Waals surface area contributed by atoms with Gasteiger partial charge >= 0.3 is 6.18 Å². The number of aryl methyl sites for hydroxylation is 1. The third-order valence-corrected chi connectivity index (χ3v) is 4.79. The van der Waals surface area contributed by atoms with E-state index in [0.717, 1.165) is 6.21 Å². The summed E-state index contributed by atoms with van der Waals surface area (Å²) in [6, 6.07) is 10.6. The number of nitrogens with two attached hydrogens (primary N) is 1. The van der Waals surface area contributed by atoms with Crippen LogP contribution in [0.5, 0.6) is 0 Å². The molecule has 2 N–H and O–H groups in total. The minimum absolute atomic E-state index is 0.165. The molecule has 1 aliphatic heterocycles. The molecule has 0 aliphatic carbocycles. The van der Waals surface area contributed by atoms with E-state index < -0.39 is 17.6 Å². The lowest BCUT2D eigenvalue weighted by Crippen LogP contribution is -2.42. The molecule has 2 atom stereocenters. The molecule has 2 unspecified atom stereocenters. The molecule has 1 aliphatic rings. The normalized spacial score (nSPS) is 23.6. The van der Waals surface area contributed by atoms with E-state index in [9.17, 15) is 13.2 Å². The predicted octanol–water partition coefficient (Wildman–Crippen LogP) is 5.25. The summed E-state index contributed by atoms with van der Waals surface area (Å²) in [5.74, 6) is 0. The molecule has 2 nitrogen and oxygen atoms in total. The molecule has 0 spiro atoms. The Morgan fingerprint density at radius 2 is 1.83 bits per heavy atom. The fraction of sp³-hybridized carbons (Fsp3) is 0.278. The standard InChI is InChI=1S/C18H16ClF3N2/c1-11-8-13(4-7-15(11)23)17(18(20,21)22)9-16(24-10-17)12-2-5-14(19)6-3-12/h2-8,10,16H,9,23H2,1H3. The number of hydrogen-bond donors (Lipinski definition) is 1. The van der Waals surface area contributed by atoms with Crippen LogP contribution >= 0.6 is 11.6 Å². The number of anilines is 1. The van der Waals surface area contributed by atoms with Gasteiger partial charge in [-0.1, -0.05) is 35.9 Å². The van der Waals surface area contributed by atoms with Crippen LogP contribution in [-0.4, -0.2) is 12.4 Å². The van der Waals surface area contributed by atoms with Crippen LogP contribution in [0.1, 0.15) is 29.2 Å². The average molecular weight is 353 g/mol. The molecule has 0 radical (unpaired) electrons. The van der Waals surface area contributed by atoms with E-state index in [4.69, 9.17) is 17.3 Å². The number of alkyl halides is 3. The van der Waals surface area contributed by atoms with Crippen molar-refractivity contribution < 1.29 is 13.2 Å². The molecule has 0 bridgehead atoms. The van der Waals surface area contributed by atoms with Crippen LogP contribution in [0.15, 0.2) is 47.5 Å². The van der Waals surface area contributed by atoms with Crippen molar-refractivity contribution in [3.63, 3.8) is 0 Å². The fourth-order valence-electron chi connectivity index (χ4n) is 3.01.